The van der Waals surface area contributed by atoms with Gasteiger partial charge >= 0.3 is 0 Å². The van der Waals surface area contributed by atoms with E-state index in [1.807, 2.05) is 33.9 Å². The van der Waals surface area contributed by atoms with E-state index in [0.717, 1.165) is 28.8 Å². The molecule has 0 bridgehead atoms. The lowest BCUT2D eigenvalue weighted by atomic mass is 9.92. The van der Waals surface area contributed by atoms with Crippen LogP contribution in [0.1, 0.15) is 49.0 Å². The number of carbonyl (C=O) groups excluding carboxylic acids is 2. The highest BCUT2D eigenvalue weighted by Crippen LogP contribution is 2.27. The predicted molar refractivity (Wildman–Crippen MR) is 101 cm³/mol. The normalized spacial score (nSPS) is 13.0. The molecule has 4 N–H and O–H groups in total. The number of rotatable bonds is 7. The maximum atomic E-state index is 12.5. The summed E-state index contributed by atoms with van der Waals surface area (Å²) in [4.78, 5) is 26.4. The molecule has 0 saturated heterocycles. The first-order valence-corrected chi connectivity index (χ1v) is 9.34. The quantitative estimate of drug-likeness (QED) is 0.695. The zero-order valence-corrected chi connectivity index (χ0v) is 16.3. The average Bonchev–Trinajstić information content (AvgIpc) is 3.14. The molecule has 2 aromatic rings. The van der Waals surface area contributed by atoms with Crippen molar-refractivity contribution in [3.63, 3.8) is 0 Å². The van der Waals surface area contributed by atoms with E-state index in [0.29, 0.717) is 11.4 Å². The van der Waals surface area contributed by atoms with E-state index in [1.54, 1.807) is 11.6 Å². The van der Waals surface area contributed by atoms with Crippen LogP contribution in [-0.2, 0) is 11.8 Å². The van der Waals surface area contributed by atoms with E-state index < -0.39 is 11.6 Å². The number of nitrogens with two attached hydrogens (primary N) is 1. The Balaban J connectivity index is 2.08. The van der Waals surface area contributed by atoms with Crippen LogP contribution in [0.5, 0.6) is 0 Å². The zero-order valence-electron chi connectivity index (χ0n) is 15.5. The van der Waals surface area contributed by atoms with Gasteiger partial charge in [-0.15, -0.1) is 11.3 Å². The molecule has 8 heteroatoms. The minimum Gasteiger partial charge on any atom is -0.348 e. The maximum Gasteiger partial charge on any atom is 0.262 e. The Morgan fingerprint density at radius 3 is 2.56 bits per heavy atom. The SMILES string of the molecule is CCC(CC)(CN)NC(=O)C(C)NC(=O)c1cc2c(C)nn(C)c2s1. The Hall–Kier alpha value is -1.93. The van der Waals surface area contributed by atoms with Gasteiger partial charge < -0.3 is 16.4 Å². The van der Waals surface area contributed by atoms with E-state index in [1.165, 1.54) is 11.3 Å². The van der Waals surface area contributed by atoms with Crippen molar-refractivity contribution in [1.82, 2.24) is 20.4 Å². The first kappa shape index (κ1) is 19.4. The van der Waals surface area contributed by atoms with Crippen molar-refractivity contribution in [2.24, 2.45) is 12.8 Å². The molecule has 1 atom stereocenters. The third kappa shape index (κ3) is 3.85. The minimum absolute atomic E-state index is 0.221. The highest BCUT2D eigenvalue weighted by Gasteiger charge is 2.29. The van der Waals surface area contributed by atoms with Gasteiger partial charge in [-0.05, 0) is 32.8 Å². The Morgan fingerprint density at radius 2 is 2.04 bits per heavy atom. The van der Waals surface area contributed by atoms with Crippen LogP contribution in [0.25, 0.3) is 10.2 Å². The van der Waals surface area contributed by atoms with Gasteiger partial charge in [0, 0.05) is 19.0 Å². The summed E-state index contributed by atoms with van der Waals surface area (Å²) >= 11 is 1.37. The second-order valence-corrected chi connectivity index (χ2v) is 7.45. The Labute approximate surface area is 152 Å². The Morgan fingerprint density at radius 1 is 1.40 bits per heavy atom. The summed E-state index contributed by atoms with van der Waals surface area (Å²) in [5.74, 6) is -0.476. The van der Waals surface area contributed by atoms with E-state index in [-0.39, 0.29) is 11.8 Å². The molecule has 25 heavy (non-hydrogen) atoms. The number of thiophene rings is 1. The lowest BCUT2D eigenvalue weighted by molar-refractivity contribution is -0.124. The average molecular weight is 366 g/mol. The van der Waals surface area contributed by atoms with E-state index in [4.69, 9.17) is 5.73 Å². The number of nitrogens with zero attached hydrogens (tertiary/aromatic N) is 2. The number of amides is 2. The van der Waals surface area contributed by atoms with Crippen LogP contribution < -0.4 is 16.4 Å². The highest BCUT2D eigenvalue weighted by atomic mass is 32.1. The van der Waals surface area contributed by atoms with Crippen molar-refractivity contribution >= 4 is 33.4 Å². The molecule has 0 saturated carbocycles. The number of aryl methyl sites for hydroxylation is 2. The van der Waals surface area contributed by atoms with E-state index >= 15 is 0 Å². The second-order valence-electron chi connectivity index (χ2n) is 6.41. The van der Waals surface area contributed by atoms with Gasteiger partial charge in [0.2, 0.25) is 5.91 Å². The topological polar surface area (TPSA) is 102 Å². The van der Waals surface area contributed by atoms with Gasteiger partial charge in [0.15, 0.2) is 0 Å². The second kappa shape index (κ2) is 7.53. The highest BCUT2D eigenvalue weighted by molar-refractivity contribution is 7.20. The number of hydrogen-bond acceptors (Lipinski definition) is 5. The van der Waals surface area contributed by atoms with Crippen LogP contribution >= 0.6 is 11.3 Å². The first-order valence-electron chi connectivity index (χ1n) is 8.53. The Kier molecular flexibility index (Phi) is 5.84. The summed E-state index contributed by atoms with van der Waals surface area (Å²) in [6.07, 6.45) is 1.49. The van der Waals surface area contributed by atoms with Gasteiger partial charge in [0.05, 0.1) is 16.1 Å². The van der Waals surface area contributed by atoms with Gasteiger partial charge in [-0.1, -0.05) is 13.8 Å². The lowest BCUT2D eigenvalue weighted by Gasteiger charge is -2.32. The molecule has 0 aliphatic carbocycles. The van der Waals surface area contributed by atoms with Gasteiger partial charge in [-0.25, -0.2) is 0 Å². The van der Waals surface area contributed by atoms with Crippen LogP contribution in [-0.4, -0.2) is 39.7 Å². The fourth-order valence-electron chi connectivity index (χ4n) is 2.79. The zero-order chi connectivity index (χ0) is 18.8. The molecule has 0 spiro atoms. The third-order valence-corrected chi connectivity index (χ3v) is 5.99. The molecule has 0 fully saturated rings. The number of carbonyl (C=O) groups is 2. The molecule has 1 unspecified atom stereocenters. The van der Waals surface area contributed by atoms with Crippen LogP contribution in [0.4, 0.5) is 0 Å². The van der Waals surface area contributed by atoms with Crippen LogP contribution in [0, 0.1) is 6.92 Å². The van der Waals surface area contributed by atoms with Crippen molar-refractivity contribution in [1.29, 1.82) is 0 Å². The number of hydrogen-bond donors (Lipinski definition) is 3. The van der Waals surface area contributed by atoms with Gasteiger partial charge in [0.1, 0.15) is 10.9 Å². The summed E-state index contributed by atoms with van der Waals surface area (Å²) in [5, 5.41) is 11.1. The number of nitrogens with one attached hydrogen (secondary N) is 2. The molecule has 0 aliphatic rings. The molecule has 2 amide bonds. The van der Waals surface area contributed by atoms with Crippen molar-refractivity contribution in [3.05, 3.63) is 16.6 Å². The first-order chi connectivity index (χ1) is 11.8. The molecule has 0 aliphatic heterocycles. The molecule has 0 aromatic carbocycles. The summed E-state index contributed by atoms with van der Waals surface area (Å²) in [5.41, 5.74) is 6.29. The summed E-state index contributed by atoms with van der Waals surface area (Å²) < 4.78 is 1.76. The minimum atomic E-state index is -0.638. The maximum absolute atomic E-state index is 12.5. The molecule has 2 aromatic heterocycles. The molecular weight excluding hydrogens is 338 g/mol. The number of aromatic nitrogens is 2. The van der Waals surface area contributed by atoms with Gasteiger partial charge in [-0.2, -0.15) is 5.10 Å². The van der Waals surface area contributed by atoms with E-state index in [9.17, 15) is 9.59 Å². The largest absolute Gasteiger partial charge is 0.348 e. The molecule has 0 radical (unpaired) electrons. The smallest absolute Gasteiger partial charge is 0.262 e. The predicted octanol–water partition coefficient (Wildman–Crippen LogP) is 1.70. The summed E-state index contributed by atoms with van der Waals surface area (Å²) in [6.45, 7) is 7.95. The van der Waals surface area contributed by atoms with Crippen molar-refractivity contribution in [3.8, 4) is 0 Å². The van der Waals surface area contributed by atoms with E-state index in [2.05, 4.69) is 15.7 Å². The molecule has 7 nitrogen and oxygen atoms in total. The Bertz CT molecular complexity index is 733. The van der Waals surface area contributed by atoms with Gasteiger partial charge in [-0.3, -0.25) is 14.3 Å². The lowest BCUT2D eigenvalue weighted by Crippen LogP contribution is -2.57. The summed E-state index contributed by atoms with van der Waals surface area (Å²) in [6, 6.07) is 1.19. The molecule has 2 heterocycles. The summed E-state index contributed by atoms with van der Waals surface area (Å²) in [7, 11) is 1.85. The fourth-order valence-corrected chi connectivity index (χ4v) is 3.81. The standard InChI is InChI=1S/C17H27N5O2S/c1-6-17(7-2,9-18)20-14(23)11(4)19-15(24)13-8-12-10(3)21-22(5)16(12)25-13/h8,11H,6-7,9,18H2,1-5H3,(H,19,24)(H,20,23). The molecule has 138 valence electrons. The van der Waals surface area contributed by atoms with Crippen LogP contribution in [0.3, 0.4) is 0 Å². The van der Waals surface area contributed by atoms with Gasteiger partial charge in [0.25, 0.3) is 5.91 Å². The van der Waals surface area contributed by atoms with Crippen molar-refractivity contribution in [2.45, 2.75) is 52.1 Å². The van der Waals surface area contributed by atoms with Crippen LogP contribution in [0.15, 0.2) is 6.07 Å². The van der Waals surface area contributed by atoms with Crippen molar-refractivity contribution < 1.29 is 9.59 Å². The third-order valence-electron chi connectivity index (χ3n) is 4.79. The van der Waals surface area contributed by atoms with Crippen LogP contribution in [0.2, 0.25) is 0 Å². The van der Waals surface area contributed by atoms with Crippen molar-refractivity contribution in [2.75, 3.05) is 6.54 Å². The fraction of sp³-hybridized carbons (Fsp3) is 0.588. The molecular formula is C17H27N5O2S. The molecule has 2 rings (SSSR count). The number of fused-ring (bicyclic) bond motifs is 1. The monoisotopic (exact) mass is 365 g/mol.